The lowest BCUT2D eigenvalue weighted by atomic mass is 10.3. The van der Waals surface area contributed by atoms with Gasteiger partial charge >= 0.3 is 11.9 Å². The summed E-state index contributed by atoms with van der Waals surface area (Å²) in [7, 11) is 0. The molecule has 1 amide bonds. The number of nitrogens with one attached hydrogen (secondary N) is 1. The summed E-state index contributed by atoms with van der Waals surface area (Å²) in [5.74, 6) is -2.74. The Kier molecular flexibility index (Phi) is 4.72. The summed E-state index contributed by atoms with van der Waals surface area (Å²) in [4.78, 5) is 22.3. The predicted molar refractivity (Wildman–Crippen MR) is 61.7 cm³/mol. The first-order valence-electron chi connectivity index (χ1n) is 4.58. The third-order valence-corrected chi connectivity index (χ3v) is 2.30. The van der Waals surface area contributed by atoms with E-state index in [-0.39, 0.29) is 22.3 Å². The summed E-state index contributed by atoms with van der Waals surface area (Å²) in [6, 6.07) is 1.93. The number of amides is 1. The van der Waals surface area contributed by atoms with E-state index < -0.39 is 17.7 Å². The molecule has 4 nitrogen and oxygen atoms in total. The number of hydrogen-bond acceptors (Lipinski definition) is 3. The van der Waals surface area contributed by atoms with Crippen LogP contribution < -0.4 is 5.32 Å². The number of rotatable bonds is 2. The number of halogens is 3. The van der Waals surface area contributed by atoms with E-state index >= 15 is 0 Å². The van der Waals surface area contributed by atoms with Crippen molar-refractivity contribution in [3.63, 3.8) is 0 Å². The number of esters is 1. The molecule has 0 atom stereocenters. The van der Waals surface area contributed by atoms with Crippen LogP contribution in [0.4, 0.5) is 10.1 Å². The Morgan fingerprint density at radius 3 is 2.35 bits per heavy atom. The molecule has 0 aromatic heterocycles. The molecule has 0 aliphatic carbocycles. The van der Waals surface area contributed by atoms with E-state index in [1.807, 2.05) is 0 Å². The van der Waals surface area contributed by atoms with Gasteiger partial charge in [0.25, 0.3) is 0 Å². The van der Waals surface area contributed by atoms with Crippen molar-refractivity contribution in [1.29, 1.82) is 0 Å². The van der Waals surface area contributed by atoms with Crippen molar-refractivity contribution in [2.24, 2.45) is 0 Å². The highest BCUT2D eigenvalue weighted by Crippen LogP contribution is 2.31. The first kappa shape index (κ1) is 13.7. The zero-order valence-electron chi connectivity index (χ0n) is 8.72. The van der Waals surface area contributed by atoms with Crippen LogP contribution in [-0.2, 0) is 14.3 Å². The Labute approximate surface area is 107 Å². The van der Waals surface area contributed by atoms with E-state index in [4.69, 9.17) is 23.2 Å². The summed E-state index contributed by atoms with van der Waals surface area (Å²) in [6.07, 6.45) is 0. The molecule has 0 saturated carbocycles. The third kappa shape index (κ3) is 3.57. The van der Waals surface area contributed by atoms with E-state index in [1.54, 1.807) is 6.92 Å². The second kappa shape index (κ2) is 5.84. The third-order valence-electron chi connectivity index (χ3n) is 1.71. The smallest absolute Gasteiger partial charge is 0.397 e. The highest BCUT2D eigenvalue weighted by molar-refractivity contribution is 6.43. The molecule has 0 radical (unpaired) electrons. The fraction of sp³-hybridized carbons (Fsp3) is 0.200. The molecule has 92 valence electrons. The minimum atomic E-state index is -1.07. The number of hydrogen-bond donors (Lipinski definition) is 1. The van der Waals surface area contributed by atoms with Crippen molar-refractivity contribution in [2.45, 2.75) is 6.92 Å². The molecule has 17 heavy (non-hydrogen) atoms. The van der Waals surface area contributed by atoms with Gasteiger partial charge in [0.1, 0.15) is 5.82 Å². The average Bonchev–Trinajstić information content (AvgIpc) is 2.23. The van der Waals surface area contributed by atoms with Gasteiger partial charge in [0.05, 0.1) is 22.3 Å². The molecule has 1 aromatic rings. The molecule has 0 aliphatic rings. The van der Waals surface area contributed by atoms with Crippen LogP contribution in [0.15, 0.2) is 12.1 Å². The molecule has 0 heterocycles. The van der Waals surface area contributed by atoms with Gasteiger partial charge in [-0.2, -0.15) is 0 Å². The Bertz CT molecular complexity index is 442. The van der Waals surface area contributed by atoms with Crippen LogP contribution in [0.25, 0.3) is 0 Å². The van der Waals surface area contributed by atoms with E-state index in [1.165, 1.54) is 0 Å². The van der Waals surface area contributed by atoms with Crippen LogP contribution in [0, 0.1) is 5.82 Å². The molecular weight excluding hydrogens is 272 g/mol. The van der Waals surface area contributed by atoms with Crippen molar-refractivity contribution >= 4 is 40.8 Å². The normalized spacial score (nSPS) is 9.88. The van der Waals surface area contributed by atoms with Crippen molar-refractivity contribution in [1.82, 2.24) is 0 Å². The lowest BCUT2D eigenvalue weighted by molar-refractivity contribution is -0.152. The lowest BCUT2D eigenvalue weighted by Gasteiger charge is -2.08. The van der Waals surface area contributed by atoms with Crippen LogP contribution >= 0.6 is 23.2 Å². The lowest BCUT2D eigenvalue weighted by Crippen LogP contribution is -2.25. The monoisotopic (exact) mass is 279 g/mol. The fourth-order valence-corrected chi connectivity index (χ4v) is 1.58. The van der Waals surface area contributed by atoms with Gasteiger partial charge < -0.3 is 10.1 Å². The quantitative estimate of drug-likeness (QED) is 0.669. The van der Waals surface area contributed by atoms with Crippen molar-refractivity contribution < 1.29 is 18.7 Å². The molecule has 0 unspecified atom stereocenters. The fourth-order valence-electron chi connectivity index (χ4n) is 1.02. The van der Waals surface area contributed by atoms with E-state index in [2.05, 4.69) is 10.1 Å². The van der Waals surface area contributed by atoms with Crippen molar-refractivity contribution in [2.75, 3.05) is 11.9 Å². The van der Waals surface area contributed by atoms with E-state index in [0.29, 0.717) is 0 Å². The average molecular weight is 280 g/mol. The number of anilines is 1. The second-order valence-electron chi connectivity index (χ2n) is 2.92. The van der Waals surface area contributed by atoms with Gasteiger partial charge in [-0.05, 0) is 19.1 Å². The van der Waals surface area contributed by atoms with Gasteiger partial charge in [-0.3, -0.25) is 4.79 Å². The topological polar surface area (TPSA) is 55.4 Å². The largest absolute Gasteiger partial charge is 0.459 e. The molecule has 0 aliphatic heterocycles. The Morgan fingerprint density at radius 2 is 1.88 bits per heavy atom. The van der Waals surface area contributed by atoms with Crippen LogP contribution in [0.5, 0.6) is 0 Å². The van der Waals surface area contributed by atoms with Gasteiger partial charge in [-0.15, -0.1) is 0 Å². The second-order valence-corrected chi connectivity index (χ2v) is 3.73. The summed E-state index contributed by atoms with van der Waals surface area (Å²) in [6.45, 7) is 1.63. The SMILES string of the molecule is CCOC(=O)C(=O)Nc1c(Cl)cc(F)cc1Cl. The van der Waals surface area contributed by atoms with Gasteiger partial charge in [-0.1, -0.05) is 23.2 Å². The highest BCUT2D eigenvalue weighted by atomic mass is 35.5. The molecule has 0 spiro atoms. The first-order valence-corrected chi connectivity index (χ1v) is 5.34. The van der Waals surface area contributed by atoms with Crippen LogP contribution in [-0.4, -0.2) is 18.5 Å². The minimum Gasteiger partial charge on any atom is -0.459 e. The maximum Gasteiger partial charge on any atom is 0.397 e. The Morgan fingerprint density at radius 1 is 1.35 bits per heavy atom. The van der Waals surface area contributed by atoms with Crippen LogP contribution in [0.1, 0.15) is 6.92 Å². The first-order chi connectivity index (χ1) is 7.95. The number of ether oxygens (including phenoxy) is 1. The molecule has 7 heteroatoms. The van der Waals surface area contributed by atoms with Gasteiger partial charge in [0, 0.05) is 0 Å². The van der Waals surface area contributed by atoms with Gasteiger partial charge in [-0.25, -0.2) is 9.18 Å². The molecule has 0 saturated heterocycles. The summed E-state index contributed by atoms with van der Waals surface area (Å²) < 4.78 is 17.3. The molecule has 1 rings (SSSR count). The molecule has 1 aromatic carbocycles. The predicted octanol–water partition coefficient (Wildman–Crippen LogP) is 2.63. The van der Waals surface area contributed by atoms with Gasteiger partial charge in [0.2, 0.25) is 0 Å². The van der Waals surface area contributed by atoms with E-state index in [0.717, 1.165) is 12.1 Å². The highest BCUT2D eigenvalue weighted by Gasteiger charge is 2.18. The van der Waals surface area contributed by atoms with Crippen molar-refractivity contribution in [3.8, 4) is 0 Å². The zero-order chi connectivity index (χ0) is 13.0. The zero-order valence-corrected chi connectivity index (χ0v) is 10.2. The number of carbonyl (C=O) groups is 2. The Balaban J connectivity index is 2.89. The van der Waals surface area contributed by atoms with Crippen LogP contribution in [0.2, 0.25) is 10.0 Å². The van der Waals surface area contributed by atoms with E-state index in [9.17, 15) is 14.0 Å². The maximum atomic E-state index is 12.9. The molecule has 0 fully saturated rings. The maximum absolute atomic E-state index is 12.9. The standard InChI is InChI=1S/C10H8Cl2FNO3/c1-2-17-10(16)9(15)14-8-6(11)3-5(13)4-7(8)12/h3-4H,2H2,1H3,(H,14,15). The van der Waals surface area contributed by atoms with Crippen molar-refractivity contribution in [3.05, 3.63) is 28.0 Å². The minimum absolute atomic E-state index is 0.0345. The number of carbonyl (C=O) groups excluding carboxylic acids is 2. The van der Waals surface area contributed by atoms with Gasteiger partial charge in [0.15, 0.2) is 0 Å². The summed E-state index contributed by atoms with van der Waals surface area (Å²) in [5.41, 5.74) is -0.0345. The summed E-state index contributed by atoms with van der Waals surface area (Å²) in [5, 5.41) is 1.94. The molecule has 1 N–H and O–H groups in total. The number of benzene rings is 1. The molecule has 0 bridgehead atoms. The molecular formula is C10H8Cl2FNO3. The Hall–Kier alpha value is -1.33. The van der Waals surface area contributed by atoms with Crippen LogP contribution in [0.3, 0.4) is 0 Å². The summed E-state index contributed by atoms with van der Waals surface area (Å²) >= 11 is 11.3.